The van der Waals surface area contributed by atoms with Crippen LogP contribution in [-0.2, 0) is 11.8 Å². The monoisotopic (exact) mass is 225 g/mol. The molecular weight excluding hydrogens is 217 g/mol. The van der Waals surface area contributed by atoms with Crippen molar-refractivity contribution < 1.29 is 0 Å². The fraction of sp³-hybridized carbons (Fsp3) is 0. The quantitative estimate of drug-likeness (QED) is 0.333. The van der Waals surface area contributed by atoms with Crippen LogP contribution >= 0.6 is 8.02 Å². The third kappa shape index (κ3) is 23.0. The predicted molar refractivity (Wildman–Crippen MR) is 41.3 cm³/mol. The van der Waals surface area contributed by atoms with Crippen LogP contribution in [0.2, 0.25) is 0 Å². The molecule has 0 bridgehead atoms. The Labute approximate surface area is 72.9 Å². The molecule has 0 N–H and O–H groups in total. The molecule has 0 unspecified atom stereocenters. The summed E-state index contributed by atoms with van der Waals surface area (Å²) < 4.78 is 0. The van der Waals surface area contributed by atoms with E-state index in [-0.39, 0.29) is 53.7 Å². The molecule has 5 heavy (non-hydrogen) atoms. The topological polar surface area (TPSA) is 0 Å². The van der Waals surface area contributed by atoms with Crippen molar-refractivity contribution in [3.8, 4) is 0 Å². The average Bonchev–Trinajstić information content (AvgIpc) is 1.00. The Kier molecular flexibility index (Phi) is 194. The molecule has 0 saturated heterocycles. The molecule has 0 aliphatic heterocycles. The first-order valence-corrected chi connectivity index (χ1v) is 1.84. The van der Waals surface area contributed by atoms with Gasteiger partial charge in [0.25, 0.3) is 0 Å². The zero-order valence-electron chi connectivity index (χ0n) is 2.62. The molecule has 0 aromatic carbocycles. The number of hydrogen-bond acceptors (Lipinski definition) is 1. The zero-order valence-corrected chi connectivity index (χ0v) is 8.47. The molecule has 0 spiro atoms. The van der Waals surface area contributed by atoms with E-state index in [0.29, 0.717) is 0 Å². The van der Waals surface area contributed by atoms with Gasteiger partial charge in [-0.3, -0.25) is 0 Å². The van der Waals surface area contributed by atoms with Crippen LogP contribution in [0.25, 0.3) is 0 Å². The van der Waals surface area contributed by atoms with Crippen molar-refractivity contribution in [1.82, 2.24) is 0 Å². The molecule has 0 amide bonds. The summed E-state index contributed by atoms with van der Waals surface area (Å²) >= 11 is 3.89. The van der Waals surface area contributed by atoms with Gasteiger partial charge in [-0.25, -0.2) is 0 Å². The Balaban J connectivity index is -0.00000000167. The summed E-state index contributed by atoms with van der Waals surface area (Å²) in [5, 5.41) is 0. The molecule has 27 valence electrons. The summed E-state index contributed by atoms with van der Waals surface area (Å²) in [6.07, 6.45) is 0. The van der Waals surface area contributed by atoms with Crippen LogP contribution in [-0.4, -0.2) is 53.7 Å². The van der Waals surface area contributed by atoms with Gasteiger partial charge in [-0.05, 0) is 19.0 Å². The van der Waals surface area contributed by atoms with Crippen molar-refractivity contribution in [2.45, 2.75) is 0 Å². The molecular formula is H7LiPSSiSn. The van der Waals surface area contributed by atoms with Crippen LogP contribution in [0.4, 0.5) is 0 Å². The van der Waals surface area contributed by atoms with Crippen molar-refractivity contribution in [2.24, 2.45) is 0 Å². The number of hydrogen-bond donors (Lipinski definition) is 0. The van der Waals surface area contributed by atoms with Crippen LogP contribution in [0, 0.1) is 0 Å². The van der Waals surface area contributed by atoms with Crippen LogP contribution in [0.15, 0.2) is 0 Å². The van der Waals surface area contributed by atoms with Crippen LogP contribution in [0.1, 0.15) is 0 Å². The Hall–Kier alpha value is 2.13. The summed E-state index contributed by atoms with van der Waals surface area (Å²) in [5.74, 6) is 0. The van der Waals surface area contributed by atoms with Gasteiger partial charge >= 0.3 is 23.9 Å². The van der Waals surface area contributed by atoms with E-state index >= 15 is 0 Å². The van der Waals surface area contributed by atoms with Crippen LogP contribution in [0.3, 0.4) is 0 Å². The molecule has 0 aromatic rings. The van der Waals surface area contributed by atoms with Crippen LogP contribution in [0.5, 0.6) is 0 Å². The van der Waals surface area contributed by atoms with E-state index in [1.807, 2.05) is 0 Å². The Morgan fingerprint density at radius 1 is 1.20 bits per heavy atom. The van der Waals surface area contributed by atoms with E-state index in [1.165, 1.54) is 0 Å². The molecule has 0 saturated carbocycles. The van der Waals surface area contributed by atoms with E-state index in [4.69, 9.17) is 0 Å². The summed E-state index contributed by atoms with van der Waals surface area (Å²) in [6, 6.07) is 0. The fourth-order valence-electron chi connectivity index (χ4n) is 0. The molecule has 3 radical (unpaired) electrons. The first-order valence-electron chi connectivity index (χ1n) is 0.204. The van der Waals surface area contributed by atoms with Gasteiger partial charge in [0.2, 0.25) is 0 Å². The maximum absolute atomic E-state index is 3.89. The minimum absolute atomic E-state index is 0. The van der Waals surface area contributed by atoms with Crippen molar-refractivity contribution in [3.63, 3.8) is 0 Å². The molecule has 0 aliphatic carbocycles. The molecule has 0 aromatic heterocycles. The summed E-state index contributed by atoms with van der Waals surface area (Å²) in [6.45, 7) is 0. The number of rotatable bonds is 0. The molecule has 0 fully saturated rings. The van der Waals surface area contributed by atoms with Crippen molar-refractivity contribution in [1.29, 1.82) is 0 Å². The van der Waals surface area contributed by atoms with Crippen molar-refractivity contribution in [3.05, 3.63) is 0 Å². The van der Waals surface area contributed by atoms with Crippen molar-refractivity contribution >= 4 is 73.6 Å². The van der Waals surface area contributed by atoms with Gasteiger partial charge in [-0.1, -0.05) is 11.8 Å². The van der Waals surface area contributed by atoms with Gasteiger partial charge in [0.1, 0.15) is 0 Å². The van der Waals surface area contributed by atoms with Gasteiger partial charge in [-0.15, -0.1) is 0 Å². The second kappa shape index (κ2) is 35.5. The van der Waals surface area contributed by atoms with Crippen molar-refractivity contribution in [2.75, 3.05) is 0 Å². The standard InChI is InChI=1S/Li.HPS.H4Si.Sn.2H/c;1-2;;;;/h;1H;1H4;;;. The second-order valence-corrected chi connectivity index (χ2v) is 0. The Morgan fingerprint density at radius 2 is 1.20 bits per heavy atom. The molecule has 5 heteroatoms. The normalized spacial score (nSPS) is 0.800. The maximum atomic E-state index is 3.89. The Morgan fingerprint density at radius 3 is 1.20 bits per heavy atom. The summed E-state index contributed by atoms with van der Waals surface area (Å²) in [4.78, 5) is 0. The minimum atomic E-state index is 0. The van der Waals surface area contributed by atoms with E-state index in [1.54, 1.807) is 0 Å². The van der Waals surface area contributed by atoms with Gasteiger partial charge in [0, 0.05) is 18.9 Å². The SMILES string of the molecule is P=S.[Li].[SiH4].[SnH2]. The fourth-order valence-corrected chi connectivity index (χ4v) is 0. The first kappa shape index (κ1) is 27.3. The van der Waals surface area contributed by atoms with E-state index in [0.717, 1.165) is 0 Å². The third-order valence-corrected chi connectivity index (χ3v) is 0. The van der Waals surface area contributed by atoms with Gasteiger partial charge in [-0.2, -0.15) is 0 Å². The molecule has 0 rings (SSSR count). The predicted octanol–water partition coefficient (Wildman–Crippen LogP) is -2.16. The van der Waals surface area contributed by atoms with E-state index in [2.05, 4.69) is 19.8 Å². The first-order chi connectivity index (χ1) is 1.00. The summed E-state index contributed by atoms with van der Waals surface area (Å²) in [7, 11) is 2.56. The molecule has 0 heterocycles. The van der Waals surface area contributed by atoms with E-state index < -0.39 is 0 Å². The molecule has 0 atom stereocenters. The Bertz CT molecular complexity index is 11.6. The van der Waals surface area contributed by atoms with Gasteiger partial charge < -0.3 is 0 Å². The molecule has 0 aliphatic rings. The van der Waals surface area contributed by atoms with Gasteiger partial charge in [0.15, 0.2) is 0 Å². The zero-order chi connectivity index (χ0) is 2.00. The third-order valence-electron chi connectivity index (χ3n) is 0. The molecule has 0 nitrogen and oxygen atoms in total. The second-order valence-electron chi connectivity index (χ2n) is 0. The van der Waals surface area contributed by atoms with Crippen LogP contribution < -0.4 is 0 Å². The average molecular weight is 224 g/mol. The van der Waals surface area contributed by atoms with E-state index in [9.17, 15) is 0 Å². The summed E-state index contributed by atoms with van der Waals surface area (Å²) in [5.41, 5.74) is 0. The van der Waals surface area contributed by atoms with Gasteiger partial charge in [0.05, 0.1) is 0 Å².